The lowest BCUT2D eigenvalue weighted by Gasteiger charge is -2.40. The monoisotopic (exact) mass is 314 g/mol. The molecule has 0 bridgehead atoms. The molecule has 0 radical (unpaired) electrons. The Morgan fingerprint density at radius 3 is 1.95 bits per heavy atom. The summed E-state index contributed by atoms with van der Waals surface area (Å²) in [6, 6.07) is 0. The topological polar surface area (TPSA) is 18.5 Å². The Bertz CT molecular complexity index is 230. The Hall–Kier alpha value is -0.0800. The smallest absolute Gasteiger partial charge is 0.170 e. The highest BCUT2D eigenvalue weighted by Crippen LogP contribution is 2.36. The van der Waals surface area contributed by atoms with Crippen LogP contribution in [0.2, 0.25) is 0 Å². The third-order valence-corrected chi connectivity index (χ3v) is 4.66. The summed E-state index contributed by atoms with van der Waals surface area (Å²) in [5.74, 6) is 0.199. The molecule has 0 aromatic carbocycles. The minimum atomic E-state index is -0.343. The summed E-state index contributed by atoms with van der Waals surface area (Å²) in [4.78, 5) is 0. The van der Waals surface area contributed by atoms with Crippen molar-refractivity contribution >= 4 is 0 Å². The average Bonchev–Trinajstić information content (AvgIpc) is 2.54. The van der Waals surface area contributed by atoms with Crippen molar-refractivity contribution in [3.8, 4) is 0 Å². The van der Waals surface area contributed by atoms with Gasteiger partial charge in [0.15, 0.2) is 5.79 Å². The van der Waals surface area contributed by atoms with E-state index in [0.29, 0.717) is 5.92 Å². The summed E-state index contributed by atoms with van der Waals surface area (Å²) in [5.41, 5.74) is 0. The van der Waals surface area contributed by atoms with E-state index in [2.05, 4.69) is 27.7 Å². The largest absolute Gasteiger partial charge is 0.353 e. The van der Waals surface area contributed by atoms with Crippen molar-refractivity contribution in [1.82, 2.24) is 0 Å². The summed E-state index contributed by atoms with van der Waals surface area (Å²) < 4.78 is 12.2. The van der Waals surface area contributed by atoms with Crippen LogP contribution in [0.5, 0.6) is 0 Å². The van der Waals surface area contributed by atoms with Crippen LogP contribution >= 0.6 is 0 Å². The maximum Gasteiger partial charge on any atom is 0.170 e. The van der Waals surface area contributed by atoms with Crippen molar-refractivity contribution in [2.45, 2.75) is 111 Å². The number of hydrogen-bond acceptors (Lipinski definition) is 2. The van der Waals surface area contributed by atoms with Crippen LogP contribution in [0.25, 0.3) is 0 Å². The standard InChI is InChI=1S/C20H42O2/c1-6-10-11-12-13-14-16-19(15-7-2)20(21-5,17-8-3)22-18-9-4/h19H,6-18H2,1-5H3. The fourth-order valence-electron chi connectivity index (χ4n) is 3.45. The number of rotatable bonds is 16. The summed E-state index contributed by atoms with van der Waals surface area (Å²) >= 11 is 0. The SMILES string of the molecule is CCCCCCCCC(CCC)C(CCC)(OC)OCCC. The van der Waals surface area contributed by atoms with Gasteiger partial charge in [0.1, 0.15) is 0 Å². The molecule has 22 heavy (non-hydrogen) atoms. The molecule has 0 spiro atoms. The summed E-state index contributed by atoms with van der Waals surface area (Å²) in [7, 11) is 1.84. The van der Waals surface area contributed by atoms with Gasteiger partial charge in [0.25, 0.3) is 0 Å². The molecule has 0 saturated carbocycles. The highest BCUT2D eigenvalue weighted by atomic mass is 16.7. The van der Waals surface area contributed by atoms with Gasteiger partial charge in [-0.25, -0.2) is 0 Å². The van der Waals surface area contributed by atoms with Crippen LogP contribution in [0.4, 0.5) is 0 Å². The van der Waals surface area contributed by atoms with Gasteiger partial charge in [-0.2, -0.15) is 0 Å². The van der Waals surface area contributed by atoms with Crippen molar-refractivity contribution in [3.05, 3.63) is 0 Å². The quantitative estimate of drug-likeness (QED) is 0.232. The number of unbranched alkanes of at least 4 members (excludes halogenated alkanes) is 5. The van der Waals surface area contributed by atoms with Crippen molar-refractivity contribution in [1.29, 1.82) is 0 Å². The lowest BCUT2D eigenvalue weighted by atomic mass is 9.85. The molecule has 0 heterocycles. The Kier molecular flexibility index (Phi) is 14.5. The molecule has 2 nitrogen and oxygen atoms in total. The Labute approximate surface area is 140 Å². The minimum Gasteiger partial charge on any atom is -0.353 e. The second kappa shape index (κ2) is 14.5. The van der Waals surface area contributed by atoms with E-state index in [0.717, 1.165) is 25.9 Å². The second-order valence-corrected chi connectivity index (χ2v) is 6.66. The molecule has 0 aliphatic heterocycles. The molecule has 0 saturated heterocycles. The van der Waals surface area contributed by atoms with Crippen molar-refractivity contribution in [2.24, 2.45) is 5.92 Å². The summed E-state index contributed by atoms with van der Waals surface area (Å²) in [6.07, 6.45) is 15.0. The molecule has 0 N–H and O–H groups in total. The predicted octanol–water partition coefficient (Wildman–Crippen LogP) is 6.72. The lowest BCUT2D eigenvalue weighted by Crippen LogP contribution is -2.43. The highest BCUT2D eigenvalue weighted by molar-refractivity contribution is 4.80. The van der Waals surface area contributed by atoms with Gasteiger partial charge in [-0.15, -0.1) is 0 Å². The summed E-state index contributed by atoms with van der Waals surface area (Å²) in [6.45, 7) is 9.77. The van der Waals surface area contributed by atoms with E-state index in [1.54, 1.807) is 0 Å². The van der Waals surface area contributed by atoms with E-state index in [1.165, 1.54) is 57.8 Å². The van der Waals surface area contributed by atoms with Gasteiger partial charge in [-0.1, -0.05) is 79.1 Å². The Morgan fingerprint density at radius 1 is 0.727 bits per heavy atom. The van der Waals surface area contributed by atoms with Crippen molar-refractivity contribution in [3.63, 3.8) is 0 Å². The molecule has 0 aromatic heterocycles. The van der Waals surface area contributed by atoms with Crippen LogP contribution in [0.15, 0.2) is 0 Å². The van der Waals surface area contributed by atoms with Crippen molar-refractivity contribution in [2.75, 3.05) is 13.7 Å². The maximum absolute atomic E-state index is 6.26. The minimum absolute atomic E-state index is 0.343. The number of hydrogen-bond donors (Lipinski definition) is 0. The zero-order valence-corrected chi connectivity index (χ0v) is 16.1. The van der Waals surface area contributed by atoms with Crippen LogP contribution < -0.4 is 0 Å². The van der Waals surface area contributed by atoms with E-state index in [-0.39, 0.29) is 5.79 Å². The Morgan fingerprint density at radius 2 is 1.41 bits per heavy atom. The molecule has 2 heteroatoms. The number of ether oxygens (including phenoxy) is 2. The first-order valence-corrected chi connectivity index (χ1v) is 9.89. The molecule has 0 rings (SSSR count). The maximum atomic E-state index is 6.26. The van der Waals surface area contributed by atoms with Gasteiger partial charge in [0.05, 0.1) is 0 Å². The van der Waals surface area contributed by atoms with Gasteiger partial charge in [-0.05, 0) is 19.3 Å². The molecule has 0 fully saturated rings. The molecular weight excluding hydrogens is 272 g/mol. The second-order valence-electron chi connectivity index (χ2n) is 6.66. The van der Waals surface area contributed by atoms with Crippen LogP contribution in [0.3, 0.4) is 0 Å². The molecule has 0 aliphatic carbocycles. The van der Waals surface area contributed by atoms with Crippen molar-refractivity contribution < 1.29 is 9.47 Å². The van der Waals surface area contributed by atoms with Gasteiger partial charge in [0, 0.05) is 26.1 Å². The molecular formula is C20H42O2. The Balaban J connectivity index is 4.52. The first-order valence-electron chi connectivity index (χ1n) is 9.89. The number of methoxy groups -OCH3 is 1. The summed E-state index contributed by atoms with van der Waals surface area (Å²) in [5, 5.41) is 0. The first kappa shape index (κ1) is 21.9. The fraction of sp³-hybridized carbons (Fsp3) is 1.00. The average molecular weight is 315 g/mol. The first-order chi connectivity index (χ1) is 10.7. The van der Waals surface area contributed by atoms with E-state index in [9.17, 15) is 0 Å². The van der Waals surface area contributed by atoms with Crippen LogP contribution in [-0.2, 0) is 9.47 Å². The van der Waals surface area contributed by atoms with E-state index >= 15 is 0 Å². The van der Waals surface area contributed by atoms with Crippen LogP contribution in [0.1, 0.15) is 105 Å². The predicted molar refractivity (Wildman–Crippen MR) is 97.3 cm³/mol. The molecule has 0 aromatic rings. The zero-order valence-electron chi connectivity index (χ0n) is 16.1. The third kappa shape index (κ3) is 8.53. The highest BCUT2D eigenvalue weighted by Gasteiger charge is 2.38. The van der Waals surface area contributed by atoms with Gasteiger partial charge in [0.2, 0.25) is 0 Å². The van der Waals surface area contributed by atoms with Gasteiger partial charge < -0.3 is 9.47 Å². The van der Waals surface area contributed by atoms with E-state index < -0.39 is 0 Å². The van der Waals surface area contributed by atoms with E-state index in [1.807, 2.05) is 7.11 Å². The third-order valence-electron chi connectivity index (χ3n) is 4.66. The van der Waals surface area contributed by atoms with Crippen LogP contribution in [-0.4, -0.2) is 19.5 Å². The van der Waals surface area contributed by atoms with Gasteiger partial charge in [-0.3, -0.25) is 0 Å². The molecule has 134 valence electrons. The fourth-order valence-corrected chi connectivity index (χ4v) is 3.45. The lowest BCUT2D eigenvalue weighted by molar-refractivity contribution is -0.261. The zero-order chi connectivity index (χ0) is 16.7. The molecule has 0 aliphatic rings. The molecule has 0 amide bonds. The van der Waals surface area contributed by atoms with Gasteiger partial charge >= 0.3 is 0 Å². The molecule has 2 unspecified atom stereocenters. The van der Waals surface area contributed by atoms with Crippen LogP contribution in [0, 0.1) is 5.92 Å². The molecule has 2 atom stereocenters. The normalized spacial score (nSPS) is 15.7. The van der Waals surface area contributed by atoms with E-state index in [4.69, 9.17) is 9.47 Å².